The lowest BCUT2D eigenvalue weighted by Crippen LogP contribution is -2.29. The van der Waals surface area contributed by atoms with Gasteiger partial charge in [-0.15, -0.1) is 13.2 Å². The number of aliphatic hydroxyl groups excluding tert-OH is 2. The molecule has 0 aliphatic heterocycles. The highest BCUT2D eigenvalue weighted by Gasteiger charge is 2.65. The minimum atomic E-state index is -9.45. The fraction of sp³-hybridized carbons (Fsp3) is 0.347. The van der Waals surface area contributed by atoms with Crippen LogP contribution in [-0.2, 0) is 22.8 Å². The Morgan fingerprint density at radius 2 is 1.03 bits per heavy atom. The number of benzene rings is 4. The topological polar surface area (TPSA) is 133 Å². The van der Waals surface area contributed by atoms with Crippen LogP contribution in [0.15, 0.2) is 125 Å². The average molecular weight is 971 g/mol. The van der Waals surface area contributed by atoms with Gasteiger partial charge in [-0.1, -0.05) is 132 Å². The fourth-order valence-corrected chi connectivity index (χ4v) is 6.70. The molecule has 0 aliphatic carbocycles. The van der Waals surface area contributed by atoms with Crippen molar-refractivity contribution in [3.05, 3.63) is 155 Å². The Bertz CT molecular complexity index is 2210. The molecule has 2 unspecified atom stereocenters. The molecule has 67 heavy (non-hydrogen) atoms. The van der Waals surface area contributed by atoms with E-state index in [1.54, 1.807) is 33.2 Å². The van der Waals surface area contributed by atoms with Crippen LogP contribution >= 0.6 is 10.2 Å². The molecule has 0 aromatic heterocycles. The standard InChI is InChI=1S/2C17H24N2O2.C8H7F3O.C7H7F5S/c2*1-5-12(3)14-9-7-8-13(11-20)17(14)15(18-4)10-19-16(21)6-2;1-6-2-4-7(5-3-6)12-8(9,10)11;1-6-2-4-7(5-3-6)13(8,9,10,11)12/h2*6-9,12,20H,2,5,10-11H2,1,3-4H3,(H,19,21);2-5H,1H3;2-5H,1H3. The number of aryl methyl sites for hydroxylation is 2. The first kappa shape index (κ1) is 59.2. The van der Waals surface area contributed by atoms with E-state index in [0.29, 0.717) is 42.6 Å². The summed E-state index contributed by atoms with van der Waals surface area (Å²) < 4.78 is 98.9. The van der Waals surface area contributed by atoms with E-state index in [0.717, 1.165) is 75.3 Å². The number of rotatable bonds is 16. The smallest absolute Gasteiger partial charge is 0.406 e. The van der Waals surface area contributed by atoms with Crippen LogP contribution in [0.1, 0.15) is 96.9 Å². The number of hydrogen-bond acceptors (Lipinski definition) is 7. The Kier molecular flexibility index (Phi) is 22.9. The molecule has 0 spiro atoms. The monoisotopic (exact) mass is 970 g/mol. The molecule has 9 nitrogen and oxygen atoms in total. The maximum Gasteiger partial charge on any atom is 0.573 e. The van der Waals surface area contributed by atoms with Gasteiger partial charge in [-0.2, -0.15) is 0 Å². The van der Waals surface area contributed by atoms with Gasteiger partial charge in [0.2, 0.25) is 11.8 Å². The number of carbonyl (C=O) groups is 2. The van der Waals surface area contributed by atoms with Gasteiger partial charge in [0.15, 0.2) is 0 Å². The summed E-state index contributed by atoms with van der Waals surface area (Å²) in [5, 5.41) is 24.7. The molecule has 0 aliphatic rings. The van der Waals surface area contributed by atoms with Gasteiger partial charge in [-0.05, 0) is 97.2 Å². The molecule has 4 aromatic carbocycles. The Morgan fingerprint density at radius 3 is 1.31 bits per heavy atom. The largest absolute Gasteiger partial charge is 0.573 e. The van der Waals surface area contributed by atoms with Gasteiger partial charge in [0.05, 0.1) is 37.7 Å². The predicted octanol–water partition coefficient (Wildman–Crippen LogP) is 12.4. The van der Waals surface area contributed by atoms with E-state index in [2.05, 4.69) is 78.3 Å². The van der Waals surface area contributed by atoms with E-state index in [9.17, 15) is 52.4 Å². The van der Waals surface area contributed by atoms with Crippen molar-refractivity contribution >= 4 is 33.5 Å². The molecule has 0 heterocycles. The van der Waals surface area contributed by atoms with E-state index < -0.39 is 21.5 Å². The molecule has 2 atom stereocenters. The van der Waals surface area contributed by atoms with E-state index in [1.165, 1.54) is 31.2 Å². The van der Waals surface area contributed by atoms with Gasteiger partial charge in [0, 0.05) is 25.2 Å². The quantitative estimate of drug-likeness (QED) is 0.0504. The molecule has 2 amide bonds. The lowest BCUT2D eigenvalue weighted by Gasteiger charge is -2.40. The maximum atomic E-state index is 12.1. The number of alkyl halides is 3. The number of nitrogens with one attached hydrogen (secondary N) is 2. The zero-order chi connectivity index (χ0) is 51.2. The molecule has 4 aromatic rings. The van der Waals surface area contributed by atoms with E-state index in [4.69, 9.17) is 0 Å². The Hall–Kier alpha value is -5.85. The first-order valence-electron chi connectivity index (χ1n) is 20.9. The van der Waals surface area contributed by atoms with Crippen molar-refractivity contribution in [1.29, 1.82) is 0 Å². The average Bonchev–Trinajstić information content (AvgIpc) is 3.28. The number of carbonyl (C=O) groups excluding carboxylic acids is 2. The molecule has 0 fully saturated rings. The molecule has 4 N–H and O–H groups in total. The Balaban J connectivity index is 0.000000460. The normalized spacial score (nSPS) is 13.5. The molecule has 18 heteroatoms. The van der Waals surface area contributed by atoms with Crippen molar-refractivity contribution in [1.82, 2.24) is 10.6 Å². The lowest BCUT2D eigenvalue weighted by atomic mass is 9.88. The Morgan fingerprint density at radius 1 is 0.672 bits per heavy atom. The SMILES string of the molecule is C=CC(=O)NCC(=NC)c1c(CO)cccc1C(C)CC.C=CC(=O)NCC(=NC)c1c(CO)cccc1C(C)CC.Cc1ccc(OC(F)(F)F)cc1.Cc1ccc(S(F)(F)(F)(F)F)cc1. The second-order valence-electron chi connectivity index (χ2n) is 15.0. The highest BCUT2D eigenvalue weighted by atomic mass is 32.5. The molecule has 0 saturated carbocycles. The zero-order valence-electron chi connectivity index (χ0n) is 39.0. The molecule has 370 valence electrons. The second-order valence-corrected chi connectivity index (χ2v) is 17.4. The van der Waals surface area contributed by atoms with Gasteiger partial charge in [0.25, 0.3) is 0 Å². The summed E-state index contributed by atoms with van der Waals surface area (Å²) in [4.78, 5) is 29.5. The zero-order valence-corrected chi connectivity index (χ0v) is 39.8. The highest BCUT2D eigenvalue weighted by molar-refractivity contribution is 8.45. The second kappa shape index (κ2) is 25.9. The summed E-state index contributed by atoms with van der Waals surface area (Å²) in [5.74, 6) is 0.0650. The number of amides is 2. The number of aliphatic hydroxyl groups is 2. The van der Waals surface area contributed by atoms with Crippen molar-refractivity contribution in [3.8, 4) is 5.75 Å². The summed E-state index contributed by atoms with van der Waals surface area (Å²) in [5.41, 5.74) is 8.80. The Labute approximate surface area is 388 Å². The number of hydrogen-bond donors (Lipinski definition) is 4. The van der Waals surface area contributed by atoms with Crippen molar-refractivity contribution in [2.45, 2.75) is 90.7 Å². The van der Waals surface area contributed by atoms with Crippen molar-refractivity contribution in [2.24, 2.45) is 9.98 Å². The molecule has 4 rings (SSSR count). The van der Waals surface area contributed by atoms with Gasteiger partial charge < -0.3 is 25.6 Å². The van der Waals surface area contributed by atoms with Crippen LogP contribution in [0.5, 0.6) is 5.75 Å². The minimum Gasteiger partial charge on any atom is -0.406 e. The third-order valence-corrected chi connectivity index (χ3v) is 11.2. The van der Waals surface area contributed by atoms with Crippen LogP contribution in [0, 0.1) is 13.8 Å². The van der Waals surface area contributed by atoms with E-state index in [1.807, 2.05) is 24.3 Å². The third-order valence-electron chi connectivity index (χ3n) is 10.1. The fourth-order valence-electron chi connectivity index (χ4n) is 6.05. The van der Waals surface area contributed by atoms with E-state index in [-0.39, 0.29) is 30.8 Å². The van der Waals surface area contributed by atoms with Gasteiger partial charge in [-0.25, -0.2) is 0 Å². The van der Waals surface area contributed by atoms with Crippen LogP contribution in [0.3, 0.4) is 0 Å². The van der Waals surface area contributed by atoms with Crippen molar-refractivity contribution in [2.75, 3.05) is 27.2 Å². The summed E-state index contributed by atoms with van der Waals surface area (Å²) in [7, 11) is -6.06. The third kappa shape index (κ3) is 20.7. The van der Waals surface area contributed by atoms with Crippen LogP contribution in [0.25, 0.3) is 0 Å². The molecule has 0 bridgehead atoms. The minimum absolute atomic E-state index is 0.0476. The van der Waals surface area contributed by atoms with Crippen LogP contribution in [0.2, 0.25) is 0 Å². The number of ether oxygens (including phenoxy) is 1. The number of halogens is 8. The van der Waals surface area contributed by atoms with Gasteiger partial charge in [-0.3, -0.25) is 19.6 Å². The predicted molar refractivity (Wildman–Crippen MR) is 254 cm³/mol. The van der Waals surface area contributed by atoms with Crippen LogP contribution in [-0.4, -0.2) is 67.0 Å². The highest BCUT2D eigenvalue weighted by Crippen LogP contribution is 3.02. The van der Waals surface area contributed by atoms with E-state index >= 15 is 0 Å². The number of nitrogens with zero attached hydrogens (tertiary/aromatic N) is 2. The first-order chi connectivity index (χ1) is 31.1. The first-order valence-corrected chi connectivity index (χ1v) is 22.9. The van der Waals surface area contributed by atoms with Crippen LogP contribution < -0.4 is 15.4 Å². The molecule has 0 saturated heterocycles. The number of aliphatic imine (C=N–C) groups is 2. The summed E-state index contributed by atoms with van der Waals surface area (Å²) in [6.07, 6.45) is -0.132. The van der Waals surface area contributed by atoms with Crippen molar-refractivity contribution < 1.29 is 57.1 Å². The maximum absolute atomic E-state index is 12.1. The van der Waals surface area contributed by atoms with Crippen molar-refractivity contribution in [3.63, 3.8) is 0 Å². The van der Waals surface area contributed by atoms with Gasteiger partial charge >= 0.3 is 16.6 Å². The summed E-state index contributed by atoms with van der Waals surface area (Å²) >= 11 is 0. The molecular weight excluding hydrogens is 909 g/mol. The summed E-state index contributed by atoms with van der Waals surface area (Å²) in [6.45, 7) is 19.3. The molecular formula is C49H62F8N4O5S. The lowest BCUT2D eigenvalue weighted by molar-refractivity contribution is -0.274. The van der Waals surface area contributed by atoms with Gasteiger partial charge in [0.1, 0.15) is 10.6 Å². The molecule has 0 radical (unpaired) electrons. The van der Waals surface area contributed by atoms with Crippen LogP contribution in [0.4, 0.5) is 32.6 Å². The summed E-state index contributed by atoms with van der Waals surface area (Å²) in [6, 6.07) is 20.3.